The number of hydrogen-bond acceptors (Lipinski definition) is 2. The summed E-state index contributed by atoms with van der Waals surface area (Å²) in [5, 5.41) is 2.85. The van der Waals surface area contributed by atoms with Gasteiger partial charge >= 0.3 is 6.18 Å². The summed E-state index contributed by atoms with van der Waals surface area (Å²) in [7, 11) is 1.58. The first kappa shape index (κ1) is 14.3. The summed E-state index contributed by atoms with van der Waals surface area (Å²) in [5.41, 5.74) is -0.842. The molecule has 1 heterocycles. The van der Waals surface area contributed by atoms with E-state index in [1.54, 1.807) is 7.05 Å². The zero-order valence-electron chi connectivity index (χ0n) is 10.4. The second-order valence-electron chi connectivity index (χ2n) is 4.62. The molecule has 1 aliphatic heterocycles. The largest absolute Gasteiger partial charge is 0.416 e. The summed E-state index contributed by atoms with van der Waals surface area (Å²) in [5.74, 6) is -0.741. The Morgan fingerprint density at radius 1 is 1.37 bits per heavy atom. The van der Waals surface area contributed by atoms with Crippen LogP contribution in [-0.2, 0) is 10.9 Å². The lowest BCUT2D eigenvalue weighted by atomic mass is 9.89. The minimum atomic E-state index is -4.49. The molecule has 1 aromatic carbocycles. The summed E-state index contributed by atoms with van der Waals surface area (Å²) in [6, 6.07) is 2.03. The third-order valence-corrected chi connectivity index (χ3v) is 3.40. The van der Waals surface area contributed by atoms with Gasteiger partial charge in [0.25, 0.3) is 0 Å². The van der Waals surface area contributed by atoms with Crippen LogP contribution in [0.3, 0.4) is 0 Å². The van der Waals surface area contributed by atoms with Crippen LogP contribution in [0.25, 0.3) is 0 Å². The van der Waals surface area contributed by atoms with Crippen LogP contribution in [0.1, 0.15) is 23.6 Å². The Morgan fingerprint density at radius 2 is 2.11 bits per heavy atom. The predicted molar refractivity (Wildman–Crippen MR) is 62.1 cm³/mol. The van der Waals surface area contributed by atoms with Crippen LogP contribution in [0.15, 0.2) is 18.2 Å². The molecule has 2 nitrogen and oxygen atoms in total. The minimum absolute atomic E-state index is 0.0505. The first-order valence-corrected chi connectivity index (χ1v) is 6.05. The molecule has 2 rings (SSSR count). The average molecular weight is 277 g/mol. The Bertz CT molecular complexity index is 441. The molecular formula is C13H15F4NO. The van der Waals surface area contributed by atoms with Crippen molar-refractivity contribution in [3.8, 4) is 0 Å². The van der Waals surface area contributed by atoms with Crippen LogP contribution in [-0.4, -0.2) is 20.3 Å². The van der Waals surface area contributed by atoms with Crippen LogP contribution >= 0.6 is 0 Å². The molecule has 2 atom stereocenters. The van der Waals surface area contributed by atoms with Gasteiger partial charge in [0.15, 0.2) is 0 Å². The monoisotopic (exact) mass is 277 g/mol. The normalized spacial score (nSPS) is 21.6. The van der Waals surface area contributed by atoms with E-state index >= 15 is 0 Å². The van der Waals surface area contributed by atoms with Crippen molar-refractivity contribution in [3.05, 3.63) is 35.1 Å². The fraction of sp³-hybridized carbons (Fsp3) is 0.538. The first-order valence-electron chi connectivity index (χ1n) is 6.05. The molecule has 0 bridgehead atoms. The fourth-order valence-electron chi connectivity index (χ4n) is 2.51. The lowest BCUT2D eigenvalue weighted by Gasteiger charge is -2.25. The average Bonchev–Trinajstić information content (AvgIpc) is 2.82. The Hall–Kier alpha value is -1.14. The summed E-state index contributed by atoms with van der Waals surface area (Å²) in [6.45, 7) is 0.916. The number of halogens is 4. The molecule has 1 saturated heterocycles. The molecule has 0 amide bonds. The maximum Gasteiger partial charge on any atom is 0.416 e. The van der Waals surface area contributed by atoms with Crippen LogP contribution in [0.4, 0.5) is 17.6 Å². The SMILES string of the molecule is CNC(c1cc(F)ccc1C(F)(F)F)C1CCOC1. The van der Waals surface area contributed by atoms with Gasteiger partial charge in [0.1, 0.15) is 5.82 Å². The van der Waals surface area contributed by atoms with Crippen LogP contribution < -0.4 is 5.32 Å². The zero-order chi connectivity index (χ0) is 14.0. The molecule has 0 aliphatic carbocycles. The standard InChI is InChI=1S/C13H15F4NO/c1-18-12(8-4-5-19-7-8)10-6-9(14)2-3-11(10)13(15,16)17/h2-3,6,8,12,18H,4-5,7H2,1H3. The number of ether oxygens (including phenoxy) is 1. The van der Waals surface area contributed by atoms with E-state index in [1.807, 2.05) is 0 Å². The highest BCUT2D eigenvalue weighted by molar-refractivity contribution is 5.33. The summed E-state index contributed by atoms with van der Waals surface area (Å²) >= 11 is 0. The van der Waals surface area contributed by atoms with Gasteiger partial charge in [-0.1, -0.05) is 0 Å². The van der Waals surface area contributed by atoms with Crippen molar-refractivity contribution in [3.63, 3.8) is 0 Å². The summed E-state index contributed by atoms with van der Waals surface area (Å²) < 4.78 is 57.4. The predicted octanol–water partition coefficient (Wildman–Crippen LogP) is 3.14. The molecule has 6 heteroatoms. The highest BCUT2D eigenvalue weighted by atomic mass is 19.4. The molecule has 1 aliphatic rings. The molecule has 0 aromatic heterocycles. The van der Waals surface area contributed by atoms with Crippen molar-refractivity contribution in [1.29, 1.82) is 0 Å². The second kappa shape index (κ2) is 5.46. The van der Waals surface area contributed by atoms with E-state index in [1.165, 1.54) is 0 Å². The second-order valence-corrected chi connectivity index (χ2v) is 4.62. The number of benzene rings is 1. The molecule has 1 fully saturated rings. The number of nitrogens with one attached hydrogen (secondary N) is 1. The molecule has 1 N–H and O–H groups in total. The van der Waals surface area contributed by atoms with Gasteiger partial charge < -0.3 is 10.1 Å². The van der Waals surface area contributed by atoms with Gasteiger partial charge in [-0.2, -0.15) is 13.2 Å². The van der Waals surface area contributed by atoms with Crippen LogP contribution in [0, 0.1) is 11.7 Å². The first-order chi connectivity index (χ1) is 8.93. The van der Waals surface area contributed by atoms with E-state index in [0.29, 0.717) is 19.6 Å². The molecule has 1 aromatic rings. The lowest BCUT2D eigenvalue weighted by molar-refractivity contribution is -0.138. The number of hydrogen-bond donors (Lipinski definition) is 1. The Labute approximate surface area is 108 Å². The Kier molecular flexibility index (Phi) is 4.10. The smallest absolute Gasteiger partial charge is 0.381 e. The van der Waals surface area contributed by atoms with Crippen LogP contribution in [0.5, 0.6) is 0 Å². The van der Waals surface area contributed by atoms with Crippen molar-refractivity contribution in [2.45, 2.75) is 18.6 Å². The maximum absolute atomic E-state index is 13.3. The van der Waals surface area contributed by atoms with Crippen molar-refractivity contribution in [1.82, 2.24) is 5.32 Å². The Balaban J connectivity index is 2.42. The molecule has 19 heavy (non-hydrogen) atoms. The topological polar surface area (TPSA) is 21.3 Å². The molecule has 0 radical (unpaired) electrons. The van der Waals surface area contributed by atoms with E-state index in [0.717, 1.165) is 18.2 Å². The van der Waals surface area contributed by atoms with Crippen molar-refractivity contribution >= 4 is 0 Å². The van der Waals surface area contributed by atoms with Gasteiger partial charge in [-0.05, 0) is 37.2 Å². The quantitative estimate of drug-likeness (QED) is 0.857. The van der Waals surface area contributed by atoms with Gasteiger partial charge in [0.2, 0.25) is 0 Å². The molecule has 0 spiro atoms. The number of alkyl halides is 3. The zero-order valence-corrected chi connectivity index (χ0v) is 10.4. The molecule has 2 unspecified atom stereocenters. The van der Waals surface area contributed by atoms with E-state index in [4.69, 9.17) is 4.74 Å². The van der Waals surface area contributed by atoms with E-state index in [2.05, 4.69) is 5.32 Å². The van der Waals surface area contributed by atoms with Gasteiger partial charge in [0.05, 0.1) is 12.2 Å². The molecule has 106 valence electrons. The van der Waals surface area contributed by atoms with E-state index in [9.17, 15) is 17.6 Å². The highest BCUT2D eigenvalue weighted by Gasteiger charge is 2.37. The fourth-order valence-corrected chi connectivity index (χ4v) is 2.51. The van der Waals surface area contributed by atoms with E-state index in [-0.39, 0.29) is 11.5 Å². The van der Waals surface area contributed by atoms with Gasteiger partial charge in [0, 0.05) is 18.6 Å². The summed E-state index contributed by atoms with van der Waals surface area (Å²) in [4.78, 5) is 0. The number of rotatable bonds is 3. The van der Waals surface area contributed by atoms with Crippen LogP contribution in [0.2, 0.25) is 0 Å². The third-order valence-electron chi connectivity index (χ3n) is 3.40. The third kappa shape index (κ3) is 3.06. The summed E-state index contributed by atoms with van der Waals surface area (Å²) in [6.07, 6.45) is -3.82. The molecule has 0 saturated carbocycles. The van der Waals surface area contributed by atoms with Crippen molar-refractivity contribution in [2.75, 3.05) is 20.3 Å². The van der Waals surface area contributed by atoms with Gasteiger partial charge in [-0.3, -0.25) is 0 Å². The van der Waals surface area contributed by atoms with Gasteiger partial charge in [-0.25, -0.2) is 4.39 Å². The lowest BCUT2D eigenvalue weighted by Crippen LogP contribution is -2.28. The minimum Gasteiger partial charge on any atom is -0.381 e. The van der Waals surface area contributed by atoms with Crippen molar-refractivity contribution < 1.29 is 22.3 Å². The Morgan fingerprint density at radius 3 is 2.63 bits per heavy atom. The van der Waals surface area contributed by atoms with Crippen molar-refractivity contribution in [2.24, 2.45) is 5.92 Å². The maximum atomic E-state index is 13.3. The van der Waals surface area contributed by atoms with Gasteiger partial charge in [-0.15, -0.1) is 0 Å². The highest BCUT2D eigenvalue weighted by Crippen LogP contribution is 2.38. The van der Waals surface area contributed by atoms with E-state index < -0.39 is 23.6 Å². The molecular weight excluding hydrogens is 262 g/mol.